The molecule has 1 heterocycles. The number of hydrogen-bond donors (Lipinski definition) is 2. The van der Waals surface area contributed by atoms with Crippen LogP contribution in [-0.4, -0.2) is 21.0 Å². The molecule has 0 aliphatic carbocycles. The highest BCUT2D eigenvalue weighted by molar-refractivity contribution is 7.91. The van der Waals surface area contributed by atoms with Crippen LogP contribution in [0.15, 0.2) is 16.3 Å². The molecule has 1 aromatic rings. The third kappa shape index (κ3) is 4.56. The molecule has 1 unspecified atom stereocenters. The lowest BCUT2D eigenvalue weighted by molar-refractivity contribution is 0.517. The first-order chi connectivity index (χ1) is 7.99. The Hall–Kier alpha value is -0.140. The fourth-order valence-electron chi connectivity index (χ4n) is 1.40. The minimum Gasteiger partial charge on any atom is -0.329 e. The van der Waals surface area contributed by atoms with Crippen molar-refractivity contribution in [1.82, 2.24) is 4.72 Å². The Morgan fingerprint density at radius 1 is 1.53 bits per heavy atom. The summed E-state index contributed by atoms with van der Waals surface area (Å²) in [6.45, 7) is 2.36. The van der Waals surface area contributed by atoms with E-state index in [4.69, 9.17) is 17.3 Å². The maximum atomic E-state index is 12.0. The van der Waals surface area contributed by atoms with Gasteiger partial charge in [0.25, 0.3) is 0 Å². The topological polar surface area (TPSA) is 72.2 Å². The molecule has 0 saturated carbocycles. The van der Waals surface area contributed by atoms with Crippen LogP contribution in [0.5, 0.6) is 0 Å². The Kier molecular flexibility index (Phi) is 5.88. The predicted molar refractivity (Wildman–Crippen MR) is 72.0 cm³/mol. The molecule has 1 rings (SSSR count). The molecule has 17 heavy (non-hydrogen) atoms. The van der Waals surface area contributed by atoms with Crippen LogP contribution in [-0.2, 0) is 10.0 Å². The zero-order valence-corrected chi connectivity index (χ0v) is 12.0. The maximum absolute atomic E-state index is 12.0. The first-order valence-corrected chi connectivity index (χ1v) is 8.15. The lowest BCUT2D eigenvalue weighted by atomic mass is 10.1. The van der Waals surface area contributed by atoms with E-state index < -0.39 is 10.0 Å². The van der Waals surface area contributed by atoms with Gasteiger partial charge in [0.15, 0.2) is 0 Å². The Balaban J connectivity index is 2.71. The van der Waals surface area contributed by atoms with E-state index in [0.717, 1.165) is 30.6 Å². The second-order valence-electron chi connectivity index (χ2n) is 3.75. The minimum absolute atomic E-state index is 0.208. The zero-order valence-electron chi connectivity index (χ0n) is 9.65. The Morgan fingerprint density at radius 2 is 2.24 bits per heavy atom. The van der Waals surface area contributed by atoms with Crippen LogP contribution in [0, 0.1) is 0 Å². The number of nitrogens with two attached hydrogens (primary N) is 1. The SMILES string of the molecule is CCCCC(CN)NS(=O)(=O)c1ccc(Cl)s1. The standard InChI is InChI=1S/C10H17ClN2O2S2/c1-2-3-4-8(7-12)13-17(14,15)10-6-5-9(11)16-10/h5-6,8,13H,2-4,7,12H2,1H3. The summed E-state index contributed by atoms with van der Waals surface area (Å²) in [5.74, 6) is 0. The Bertz CT molecular complexity index is 445. The third-order valence-corrected chi connectivity index (χ3v) is 5.57. The fraction of sp³-hybridized carbons (Fsp3) is 0.600. The van der Waals surface area contributed by atoms with Gasteiger partial charge in [-0.05, 0) is 18.6 Å². The van der Waals surface area contributed by atoms with E-state index in [1.807, 2.05) is 0 Å². The van der Waals surface area contributed by atoms with Gasteiger partial charge in [0, 0.05) is 12.6 Å². The molecule has 0 aromatic carbocycles. The molecule has 0 bridgehead atoms. The maximum Gasteiger partial charge on any atom is 0.250 e. The van der Waals surface area contributed by atoms with Gasteiger partial charge in [-0.25, -0.2) is 13.1 Å². The van der Waals surface area contributed by atoms with Crippen LogP contribution in [0.3, 0.4) is 0 Å². The summed E-state index contributed by atoms with van der Waals surface area (Å²) >= 11 is 6.77. The van der Waals surface area contributed by atoms with Crippen molar-refractivity contribution in [2.45, 2.75) is 36.4 Å². The smallest absolute Gasteiger partial charge is 0.250 e. The fourth-order valence-corrected chi connectivity index (χ4v) is 4.18. The average molecular weight is 297 g/mol. The Labute approximate surface area is 111 Å². The molecule has 1 aromatic heterocycles. The van der Waals surface area contributed by atoms with E-state index in [1.54, 1.807) is 6.07 Å². The molecule has 1 atom stereocenters. The lowest BCUT2D eigenvalue weighted by Gasteiger charge is -2.15. The van der Waals surface area contributed by atoms with E-state index in [1.165, 1.54) is 6.07 Å². The monoisotopic (exact) mass is 296 g/mol. The van der Waals surface area contributed by atoms with Gasteiger partial charge in [-0.3, -0.25) is 0 Å². The number of halogens is 1. The Morgan fingerprint density at radius 3 is 2.71 bits per heavy atom. The van der Waals surface area contributed by atoms with Gasteiger partial charge in [0.2, 0.25) is 10.0 Å². The van der Waals surface area contributed by atoms with Crippen molar-refractivity contribution >= 4 is 33.0 Å². The van der Waals surface area contributed by atoms with E-state index in [2.05, 4.69) is 11.6 Å². The highest BCUT2D eigenvalue weighted by atomic mass is 35.5. The summed E-state index contributed by atoms with van der Waals surface area (Å²) in [6, 6.07) is 2.87. The van der Waals surface area contributed by atoms with Gasteiger partial charge in [-0.15, -0.1) is 11.3 Å². The number of nitrogens with one attached hydrogen (secondary N) is 1. The molecular formula is C10H17ClN2O2S2. The normalized spacial score (nSPS) is 13.8. The van der Waals surface area contributed by atoms with Crippen LogP contribution < -0.4 is 10.5 Å². The third-order valence-electron chi connectivity index (χ3n) is 2.33. The van der Waals surface area contributed by atoms with Crippen LogP contribution in [0.4, 0.5) is 0 Å². The first-order valence-electron chi connectivity index (χ1n) is 5.47. The summed E-state index contributed by atoms with van der Waals surface area (Å²) in [7, 11) is -3.48. The second-order valence-corrected chi connectivity index (χ2v) is 7.41. The molecule has 3 N–H and O–H groups in total. The van der Waals surface area contributed by atoms with Crippen molar-refractivity contribution in [3.05, 3.63) is 16.5 Å². The summed E-state index contributed by atoms with van der Waals surface area (Å²) in [4.78, 5) is 0. The highest BCUT2D eigenvalue weighted by Crippen LogP contribution is 2.25. The van der Waals surface area contributed by atoms with Gasteiger partial charge < -0.3 is 5.73 Å². The molecular weight excluding hydrogens is 280 g/mol. The average Bonchev–Trinajstić information content (AvgIpc) is 2.71. The molecule has 0 fully saturated rings. The molecule has 0 aliphatic heterocycles. The molecule has 98 valence electrons. The predicted octanol–water partition coefficient (Wildman–Crippen LogP) is 2.20. The van der Waals surface area contributed by atoms with E-state index in [0.29, 0.717) is 10.9 Å². The number of unbranched alkanes of at least 4 members (excludes halogenated alkanes) is 1. The minimum atomic E-state index is -3.48. The number of rotatable bonds is 7. The number of hydrogen-bond acceptors (Lipinski definition) is 4. The highest BCUT2D eigenvalue weighted by Gasteiger charge is 2.20. The first kappa shape index (κ1) is 14.9. The van der Waals surface area contributed by atoms with Crippen LogP contribution in [0.1, 0.15) is 26.2 Å². The van der Waals surface area contributed by atoms with Gasteiger partial charge in [-0.2, -0.15) is 0 Å². The molecule has 0 radical (unpaired) electrons. The van der Waals surface area contributed by atoms with Crippen LogP contribution in [0.2, 0.25) is 4.34 Å². The van der Waals surface area contributed by atoms with E-state index >= 15 is 0 Å². The summed E-state index contributed by atoms with van der Waals surface area (Å²) in [5, 5.41) is 0. The summed E-state index contributed by atoms with van der Waals surface area (Å²) in [6.07, 6.45) is 2.73. The van der Waals surface area contributed by atoms with Gasteiger partial charge in [0.1, 0.15) is 4.21 Å². The van der Waals surface area contributed by atoms with E-state index in [-0.39, 0.29) is 10.3 Å². The van der Waals surface area contributed by atoms with Crippen molar-refractivity contribution < 1.29 is 8.42 Å². The number of thiophene rings is 1. The van der Waals surface area contributed by atoms with Crippen molar-refractivity contribution in [3.63, 3.8) is 0 Å². The van der Waals surface area contributed by atoms with Crippen molar-refractivity contribution in [3.8, 4) is 0 Å². The zero-order chi connectivity index (χ0) is 12.9. The van der Waals surface area contributed by atoms with Crippen LogP contribution >= 0.6 is 22.9 Å². The quantitative estimate of drug-likeness (QED) is 0.810. The largest absolute Gasteiger partial charge is 0.329 e. The lowest BCUT2D eigenvalue weighted by Crippen LogP contribution is -2.39. The van der Waals surface area contributed by atoms with Gasteiger partial charge in [-0.1, -0.05) is 31.4 Å². The van der Waals surface area contributed by atoms with E-state index in [9.17, 15) is 8.42 Å². The molecule has 0 spiro atoms. The summed E-state index contributed by atoms with van der Waals surface area (Å²) in [5.41, 5.74) is 5.55. The van der Waals surface area contributed by atoms with Gasteiger partial charge >= 0.3 is 0 Å². The molecule has 7 heteroatoms. The number of sulfonamides is 1. The van der Waals surface area contributed by atoms with Crippen molar-refractivity contribution in [2.24, 2.45) is 5.73 Å². The molecule has 0 amide bonds. The molecule has 0 saturated heterocycles. The molecule has 4 nitrogen and oxygen atoms in total. The van der Waals surface area contributed by atoms with Crippen molar-refractivity contribution in [2.75, 3.05) is 6.54 Å². The van der Waals surface area contributed by atoms with Gasteiger partial charge in [0.05, 0.1) is 4.34 Å². The second kappa shape index (κ2) is 6.70. The van der Waals surface area contributed by atoms with Crippen LogP contribution in [0.25, 0.3) is 0 Å². The van der Waals surface area contributed by atoms with Crippen molar-refractivity contribution in [1.29, 1.82) is 0 Å². The molecule has 0 aliphatic rings. The summed E-state index contributed by atoms with van der Waals surface area (Å²) < 4.78 is 27.2.